The van der Waals surface area contributed by atoms with Gasteiger partial charge in [0, 0.05) is 18.0 Å². The van der Waals surface area contributed by atoms with E-state index in [0.29, 0.717) is 0 Å². The molecule has 11 heteroatoms. The fourth-order valence-corrected chi connectivity index (χ4v) is 5.25. The summed E-state index contributed by atoms with van der Waals surface area (Å²) in [6.45, 7) is 0. The first-order valence-electron chi connectivity index (χ1n) is 9.89. The SMILES string of the molecule is COC(=O)Nc1ccc(O)c2c1CC1CC3CC(=O)C(C(N)=O)C(=O)[C@@]3(O)C(=O)C1C2=O. The molecule has 32 heavy (non-hydrogen) atoms. The quantitative estimate of drug-likeness (QED) is 0.344. The monoisotopic (exact) mass is 444 g/mol. The second-order valence-corrected chi connectivity index (χ2v) is 8.34. The van der Waals surface area contributed by atoms with Crippen molar-refractivity contribution in [2.75, 3.05) is 12.4 Å². The van der Waals surface area contributed by atoms with Crippen molar-refractivity contribution < 1.29 is 43.7 Å². The summed E-state index contributed by atoms with van der Waals surface area (Å²) < 4.78 is 4.57. The zero-order chi connectivity index (χ0) is 23.5. The van der Waals surface area contributed by atoms with Crippen LogP contribution in [-0.2, 0) is 30.3 Å². The second kappa shape index (κ2) is 7.23. The molecule has 168 valence electrons. The van der Waals surface area contributed by atoms with Crippen molar-refractivity contribution in [1.82, 2.24) is 0 Å². The highest BCUT2D eigenvalue weighted by Gasteiger charge is 2.66. The van der Waals surface area contributed by atoms with Crippen LogP contribution in [0, 0.1) is 23.7 Å². The topological polar surface area (TPSA) is 190 Å². The fourth-order valence-electron chi connectivity index (χ4n) is 5.25. The number of aromatic hydroxyl groups is 1. The predicted octanol–water partition coefficient (Wildman–Crippen LogP) is -0.495. The van der Waals surface area contributed by atoms with Crippen molar-refractivity contribution >= 4 is 40.8 Å². The number of phenolic OH excluding ortho intramolecular Hbond substituents is 1. The largest absolute Gasteiger partial charge is 0.507 e. The third kappa shape index (κ3) is 2.84. The number of methoxy groups -OCH3 is 1. The van der Waals surface area contributed by atoms with Crippen LogP contribution in [0.3, 0.4) is 0 Å². The van der Waals surface area contributed by atoms with Crippen molar-refractivity contribution in [1.29, 1.82) is 0 Å². The number of aliphatic hydroxyl groups is 1. The van der Waals surface area contributed by atoms with Gasteiger partial charge in [-0.2, -0.15) is 0 Å². The number of carbonyl (C=O) groups is 6. The second-order valence-electron chi connectivity index (χ2n) is 8.34. The summed E-state index contributed by atoms with van der Waals surface area (Å²) in [7, 11) is 1.15. The Morgan fingerprint density at radius 2 is 1.84 bits per heavy atom. The molecular weight excluding hydrogens is 424 g/mol. The van der Waals surface area contributed by atoms with Crippen LogP contribution in [0.15, 0.2) is 12.1 Å². The van der Waals surface area contributed by atoms with Gasteiger partial charge in [-0.05, 0) is 36.5 Å². The number of ketones is 4. The van der Waals surface area contributed by atoms with E-state index in [1.807, 2.05) is 0 Å². The lowest BCUT2D eigenvalue weighted by molar-refractivity contribution is -0.175. The molecule has 0 heterocycles. The number of amides is 2. The third-order valence-corrected chi connectivity index (χ3v) is 6.71. The molecule has 5 N–H and O–H groups in total. The molecule has 4 unspecified atom stereocenters. The van der Waals surface area contributed by atoms with Gasteiger partial charge in [0.2, 0.25) is 5.91 Å². The maximum absolute atomic E-state index is 13.3. The van der Waals surface area contributed by atoms with Gasteiger partial charge < -0.3 is 20.7 Å². The Kier molecular flexibility index (Phi) is 4.88. The van der Waals surface area contributed by atoms with Crippen LogP contribution < -0.4 is 11.1 Å². The van der Waals surface area contributed by atoms with Crippen molar-refractivity contribution in [2.24, 2.45) is 29.4 Å². The van der Waals surface area contributed by atoms with Crippen LogP contribution in [0.1, 0.15) is 28.8 Å². The van der Waals surface area contributed by atoms with Gasteiger partial charge in [-0.25, -0.2) is 4.79 Å². The highest BCUT2D eigenvalue weighted by molar-refractivity contribution is 6.31. The maximum Gasteiger partial charge on any atom is 0.411 e. The Hall–Kier alpha value is -3.60. The minimum atomic E-state index is -2.70. The van der Waals surface area contributed by atoms with Gasteiger partial charge in [0.05, 0.1) is 18.6 Å². The van der Waals surface area contributed by atoms with Crippen molar-refractivity contribution in [2.45, 2.75) is 24.9 Å². The number of fused-ring (bicyclic) bond motifs is 3. The molecule has 2 amide bonds. The number of rotatable bonds is 2. The molecule has 0 radical (unpaired) electrons. The molecule has 1 aromatic carbocycles. The smallest absolute Gasteiger partial charge is 0.411 e. The number of anilines is 1. The molecule has 1 aromatic rings. The summed E-state index contributed by atoms with van der Waals surface area (Å²) in [5.74, 6) is -10.9. The van der Waals surface area contributed by atoms with E-state index in [-0.39, 0.29) is 29.7 Å². The van der Waals surface area contributed by atoms with Gasteiger partial charge in [-0.1, -0.05) is 0 Å². The molecule has 0 saturated heterocycles. The lowest BCUT2D eigenvalue weighted by Gasteiger charge is -2.48. The van der Waals surface area contributed by atoms with Crippen molar-refractivity contribution in [3.63, 3.8) is 0 Å². The van der Waals surface area contributed by atoms with E-state index in [2.05, 4.69) is 10.1 Å². The summed E-state index contributed by atoms with van der Waals surface area (Å²) in [5.41, 5.74) is 2.72. The Balaban J connectivity index is 1.79. The molecular formula is C21H20N2O9. The minimum Gasteiger partial charge on any atom is -0.507 e. The van der Waals surface area contributed by atoms with Crippen molar-refractivity contribution in [3.8, 4) is 5.75 Å². The molecule has 0 bridgehead atoms. The average Bonchev–Trinajstić information content (AvgIpc) is 2.72. The average molecular weight is 444 g/mol. The van der Waals surface area contributed by atoms with E-state index in [9.17, 15) is 39.0 Å². The molecule has 11 nitrogen and oxygen atoms in total. The number of hydrogen-bond donors (Lipinski definition) is 4. The van der Waals surface area contributed by atoms with Crippen LogP contribution in [0.25, 0.3) is 0 Å². The van der Waals surface area contributed by atoms with Gasteiger partial charge in [0.25, 0.3) is 0 Å². The fraction of sp³-hybridized carbons (Fsp3) is 0.429. The first-order valence-corrected chi connectivity index (χ1v) is 9.89. The highest BCUT2D eigenvalue weighted by Crippen LogP contribution is 2.50. The number of benzene rings is 1. The van der Waals surface area contributed by atoms with E-state index in [1.54, 1.807) is 0 Å². The number of nitrogens with two attached hydrogens (primary N) is 1. The molecule has 2 fully saturated rings. The van der Waals surface area contributed by atoms with Gasteiger partial charge in [-0.3, -0.25) is 29.3 Å². The normalized spacial score (nSPS) is 31.3. The third-order valence-electron chi connectivity index (χ3n) is 6.71. The Labute approximate surface area is 180 Å². The van der Waals surface area contributed by atoms with Gasteiger partial charge in [-0.15, -0.1) is 0 Å². The summed E-state index contributed by atoms with van der Waals surface area (Å²) in [4.78, 5) is 75.0. The summed E-state index contributed by atoms with van der Waals surface area (Å²) in [5, 5.41) is 23.9. The Bertz CT molecular complexity index is 1110. The number of hydrogen-bond acceptors (Lipinski definition) is 9. The number of ether oxygens (including phenoxy) is 1. The lowest BCUT2D eigenvalue weighted by atomic mass is 9.54. The van der Waals surface area contributed by atoms with Crippen LogP contribution in [0.5, 0.6) is 5.75 Å². The van der Waals surface area contributed by atoms with E-state index in [0.717, 1.165) is 7.11 Å². The first-order chi connectivity index (χ1) is 15.0. The minimum absolute atomic E-state index is 0.0334. The molecule has 3 aliphatic carbocycles. The molecule has 0 spiro atoms. The zero-order valence-electron chi connectivity index (χ0n) is 16.9. The van der Waals surface area contributed by atoms with Gasteiger partial charge in [0.15, 0.2) is 34.7 Å². The maximum atomic E-state index is 13.3. The standard InChI is InChI=1S/C21H20N2O9/c1-32-20(30)23-10-2-3-11(24)14-9(10)5-7-4-8-6-12(25)15(19(22)29)18(28)21(8,31)17(27)13(7)16(14)26/h2-3,7-8,13,15,24,31H,4-6H2,1H3,(H2,22,29)(H,23,30)/t7?,8?,13?,15?,21-/m0/s1. The van der Waals surface area contributed by atoms with E-state index >= 15 is 0 Å². The van der Waals surface area contributed by atoms with E-state index in [1.165, 1.54) is 12.1 Å². The summed E-state index contributed by atoms with van der Waals surface area (Å²) in [6, 6.07) is 2.55. The molecule has 3 aliphatic rings. The summed E-state index contributed by atoms with van der Waals surface area (Å²) >= 11 is 0. The Morgan fingerprint density at radius 3 is 2.47 bits per heavy atom. The number of nitrogens with one attached hydrogen (secondary N) is 1. The number of carbonyl (C=O) groups excluding carboxylic acids is 6. The number of primary amides is 1. The first kappa shape index (κ1) is 21.6. The van der Waals surface area contributed by atoms with Gasteiger partial charge in [0.1, 0.15) is 5.75 Å². The molecule has 0 aromatic heterocycles. The molecule has 5 atom stereocenters. The van der Waals surface area contributed by atoms with Crippen LogP contribution >= 0.6 is 0 Å². The van der Waals surface area contributed by atoms with Crippen LogP contribution in [-0.4, -0.2) is 58.1 Å². The Morgan fingerprint density at radius 1 is 1.16 bits per heavy atom. The zero-order valence-corrected chi connectivity index (χ0v) is 16.9. The lowest BCUT2D eigenvalue weighted by Crippen LogP contribution is -2.68. The van der Waals surface area contributed by atoms with Gasteiger partial charge >= 0.3 is 6.09 Å². The highest BCUT2D eigenvalue weighted by atomic mass is 16.5. The van der Waals surface area contributed by atoms with E-state index < -0.39 is 76.6 Å². The van der Waals surface area contributed by atoms with Crippen LogP contribution in [0.2, 0.25) is 0 Å². The van der Waals surface area contributed by atoms with E-state index in [4.69, 9.17) is 5.73 Å². The van der Waals surface area contributed by atoms with Crippen LogP contribution in [0.4, 0.5) is 10.5 Å². The number of Topliss-reactive ketones (excluding diaryl/α,β-unsaturated/α-hetero) is 4. The molecule has 4 rings (SSSR count). The molecule has 2 saturated carbocycles. The number of phenols is 1. The van der Waals surface area contributed by atoms with Crippen molar-refractivity contribution in [3.05, 3.63) is 23.3 Å². The molecule has 0 aliphatic heterocycles. The summed E-state index contributed by atoms with van der Waals surface area (Å²) in [6.07, 6.45) is -1.20. The predicted molar refractivity (Wildman–Crippen MR) is 105 cm³/mol.